The first-order valence-electron chi connectivity index (χ1n) is 10.5. The molecule has 3 amide bonds. The molecule has 168 valence electrons. The van der Waals surface area contributed by atoms with Crippen molar-refractivity contribution in [2.75, 3.05) is 6.54 Å². The molecule has 1 unspecified atom stereocenters. The molecule has 2 N–H and O–H groups in total. The second-order valence-corrected chi connectivity index (χ2v) is 9.88. The van der Waals surface area contributed by atoms with Gasteiger partial charge in [-0.3, -0.25) is 19.5 Å². The van der Waals surface area contributed by atoms with Crippen molar-refractivity contribution in [3.8, 4) is 5.69 Å². The lowest BCUT2D eigenvalue weighted by Crippen LogP contribution is -2.42. The number of hydrogen-bond acceptors (Lipinski definition) is 6. The van der Waals surface area contributed by atoms with E-state index in [1.54, 1.807) is 26.0 Å². The fourth-order valence-electron chi connectivity index (χ4n) is 3.74. The number of halogens is 1. The molecule has 0 spiro atoms. The molecule has 0 saturated carbocycles. The van der Waals surface area contributed by atoms with Gasteiger partial charge in [-0.15, -0.1) is 11.3 Å². The fraction of sp³-hybridized carbons (Fsp3) is 0.364. The van der Waals surface area contributed by atoms with Crippen molar-refractivity contribution in [2.24, 2.45) is 0 Å². The first-order valence-corrected chi connectivity index (χ1v) is 12.2. The molecule has 32 heavy (non-hydrogen) atoms. The number of aryl methyl sites for hydroxylation is 2. The maximum absolute atomic E-state index is 14.7. The Labute approximate surface area is 192 Å². The van der Waals surface area contributed by atoms with Gasteiger partial charge < -0.3 is 5.32 Å². The molecule has 3 aromatic rings. The normalized spacial score (nSPS) is 14.1. The Morgan fingerprint density at radius 3 is 2.78 bits per heavy atom. The summed E-state index contributed by atoms with van der Waals surface area (Å²) in [7, 11) is 0. The van der Waals surface area contributed by atoms with E-state index in [0.717, 1.165) is 47.9 Å². The SMILES string of the molecule is CCNC(=O)NC(=O)C(C)Sc1nc2sc3c(c2c(=O)n1-c1ccccc1F)CCCC3. The van der Waals surface area contributed by atoms with Crippen LogP contribution in [0.4, 0.5) is 9.18 Å². The average Bonchev–Trinajstić information content (AvgIpc) is 3.13. The van der Waals surface area contributed by atoms with Gasteiger partial charge in [0.15, 0.2) is 5.16 Å². The quantitative estimate of drug-likeness (QED) is 0.434. The minimum Gasteiger partial charge on any atom is -0.338 e. The number of aromatic nitrogens is 2. The van der Waals surface area contributed by atoms with E-state index in [2.05, 4.69) is 10.6 Å². The van der Waals surface area contributed by atoms with Gasteiger partial charge in [0.05, 0.1) is 16.3 Å². The van der Waals surface area contributed by atoms with Gasteiger partial charge in [-0.25, -0.2) is 14.2 Å². The molecule has 1 atom stereocenters. The lowest BCUT2D eigenvalue weighted by molar-refractivity contribution is -0.119. The number of hydrogen-bond donors (Lipinski definition) is 2. The maximum Gasteiger partial charge on any atom is 0.321 e. The van der Waals surface area contributed by atoms with Crippen molar-refractivity contribution in [2.45, 2.75) is 49.9 Å². The first-order chi connectivity index (χ1) is 15.4. The highest BCUT2D eigenvalue weighted by Crippen LogP contribution is 2.36. The van der Waals surface area contributed by atoms with E-state index in [9.17, 15) is 18.8 Å². The summed E-state index contributed by atoms with van der Waals surface area (Å²) in [5.41, 5.74) is 0.761. The maximum atomic E-state index is 14.7. The lowest BCUT2D eigenvalue weighted by Gasteiger charge is -2.16. The molecule has 1 aliphatic rings. The highest BCUT2D eigenvalue weighted by Gasteiger charge is 2.26. The van der Waals surface area contributed by atoms with Gasteiger partial charge in [0.25, 0.3) is 5.56 Å². The number of benzene rings is 1. The van der Waals surface area contributed by atoms with E-state index in [1.807, 2.05) is 0 Å². The molecule has 0 bridgehead atoms. The summed E-state index contributed by atoms with van der Waals surface area (Å²) in [6.45, 7) is 3.74. The van der Waals surface area contributed by atoms with Crippen LogP contribution in [0, 0.1) is 5.82 Å². The molecule has 4 rings (SSSR count). The van der Waals surface area contributed by atoms with Crippen LogP contribution in [-0.4, -0.2) is 33.3 Å². The molecule has 0 aliphatic heterocycles. The highest BCUT2D eigenvalue weighted by atomic mass is 32.2. The number of para-hydroxylation sites is 1. The zero-order valence-corrected chi connectivity index (χ0v) is 19.4. The number of fused-ring (bicyclic) bond motifs is 3. The number of carbonyl (C=O) groups is 2. The topological polar surface area (TPSA) is 93.1 Å². The van der Waals surface area contributed by atoms with Crippen molar-refractivity contribution in [3.05, 3.63) is 50.9 Å². The standard InChI is InChI=1S/C22H23FN4O3S2/c1-3-24-21(30)25-18(28)12(2)31-22-26-19-17(13-8-4-7-11-16(13)32-19)20(29)27(22)15-10-6-5-9-14(15)23/h5-6,9-10,12H,3-4,7-8,11H2,1-2H3,(H2,24,25,28,30). The van der Waals surface area contributed by atoms with Gasteiger partial charge in [0, 0.05) is 11.4 Å². The van der Waals surface area contributed by atoms with E-state index in [-0.39, 0.29) is 16.4 Å². The lowest BCUT2D eigenvalue weighted by atomic mass is 9.97. The number of amides is 3. The fourth-order valence-corrected chi connectivity index (χ4v) is 5.96. The summed E-state index contributed by atoms with van der Waals surface area (Å²) in [4.78, 5) is 44.3. The van der Waals surface area contributed by atoms with Crippen LogP contribution in [0.25, 0.3) is 15.9 Å². The largest absolute Gasteiger partial charge is 0.338 e. The molecule has 0 radical (unpaired) electrons. The van der Waals surface area contributed by atoms with Crippen LogP contribution in [0.2, 0.25) is 0 Å². The van der Waals surface area contributed by atoms with Crippen molar-refractivity contribution < 1.29 is 14.0 Å². The van der Waals surface area contributed by atoms with Crippen LogP contribution in [0.5, 0.6) is 0 Å². The van der Waals surface area contributed by atoms with Crippen molar-refractivity contribution in [1.29, 1.82) is 0 Å². The molecule has 7 nitrogen and oxygen atoms in total. The molecule has 10 heteroatoms. The third-order valence-electron chi connectivity index (χ3n) is 5.28. The summed E-state index contributed by atoms with van der Waals surface area (Å²) in [6.07, 6.45) is 3.79. The molecule has 0 fully saturated rings. The van der Waals surface area contributed by atoms with Gasteiger partial charge >= 0.3 is 6.03 Å². The Morgan fingerprint density at radius 2 is 2.03 bits per heavy atom. The van der Waals surface area contributed by atoms with E-state index in [4.69, 9.17) is 4.98 Å². The Balaban J connectivity index is 1.81. The molecule has 2 aromatic heterocycles. The third-order valence-corrected chi connectivity index (χ3v) is 7.51. The van der Waals surface area contributed by atoms with E-state index in [0.29, 0.717) is 16.8 Å². The zero-order valence-electron chi connectivity index (χ0n) is 17.7. The van der Waals surface area contributed by atoms with Crippen LogP contribution in [-0.2, 0) is 17.6 Å². The van der Waals surface area contributed by atoms with Gasteiger partial charge in [-0.1, -0.05) is 23.9 Å². The minimum atomic E-state index is -0.741. The van der Waals surface area contributed by atoms with E-state index < -0.39 is 23.0 Å². The van der Waals surface area contributed by atoms with Gasteiger partial charge in [-0.2, -0.15) is 0 Å². The zero-order chi connectivity index (χ0) is 22.8. The van der Waals surface area contributed by atoms with Crippen LogP contribution in [0.3, 0.4) is 0 Å². The van der Waals surface area contributed by atoms with Crippen LogP contribution in [0.15, 0.2) is 34.2 Å². The van der Waals surface area contributed by atoms with Gasteiger partial charge in [0.1, 0.15) is 10.6 Å². The summed E-state index contributed by atoms with van der Waals surface area (Å²) in [5.74, 6) is -1.08. The Bertz CT molecular complexity index is 1250. The van der Waals surface area contributed by atoms with Crippen LogP contribution in [0.1, 0.15) is 37.1 Å². The van der Waals surface area contributed by atoms with Gasteiger partial charge in [-0.05, 0) is 57.2 Å². The molecular weight excluding hydrogens is 451 g/mol. The summed E-state index contributed by atoms with van der Waals surface area (Å²) in [6, 6.07) is 5.42. The van der Waals surface area contributed by atoms with Crippen LogP contribution < -0.4 is 16.2 Å². The second-order valence-electron chi connectivity index (χ2n) is 7.49. The predicted molar refractivity (Wildman–Crippen MR) is 124 cm³/mol. The van der Waals surface area contributed by atoms with Crippen LogP contribution >= 0.6 is 23.1 Å². The van der Waals surface area contributed by atoms with Crippen molar-refractivity contribution in [3.63, 3.8) is 0 Å². The molecule has 1 aromatic carbocycles. The third kappa shape index (κ3) is 4.29. The number of rotatable bonds is 5. The number of urea groups is 1. The smallest absolute Gasteiger partial charge is 0.321 e. The van der Waals surface area contributed by atoms with Crippen molar-refractivity contribution in [1.82, 2.24) is 20.2 Å². The molecule has 2 heterocycles. The van der Waals surface area contributed by atoms with Gasteiger partial charge in [0.2, 0.25) is 5.91 Å². The number of imide groups is 1. The van der Waals surface area contributed by atoms with E-state index >= 15 is 0 Å². The highest BCUT2D eigenvalue weighted by molar-refractivity contribution is 8.00. The van der Waals surface area contributed by atoms with E-state index in [1.165, 1.54) is 28.0 Å². The molecule has 0 saturated heterocycles. The number of nitrogens with zero attached hydrogens (tertiary/aromatic N) is 2. The predicted octanol–water partition coefficient (Wildman–Crippen LogP) is 3.79. The average molecular weight is 475 g/mol. The minimum absolute atomic E-state index is 0.0847. The summed E-state index contributed by atoms with van der Waals surface area (Å²) < 4.78 is 16.0. The van der Waals surface area contributed by atoms with Crippen molar-refractivity contribution >= 4 is 45.3 Å². The Hall–Kier alpha value is -2.72. The Kier molecular flexibility index (Phi) is 6.61. The summed E-state index contributed by atoms with van der Waals surface area (Å²) in [5, 5.41) is 4.78. The number of carbonyl (C=O) groups excluding carboxylic acids is 2. The Morgan fingerprint density at radius 1 is 1.28 bits per heavy atom. The molecular formula is C22H23FN4O3S2. The monoisotopic (exact) mass is 474 g/mol. The summed E-state index contributed by atoms with van der Waals surface area (Å²) >= 11 is 2.51. The molecule has 1 aliphatic carbocycles. The number of thioether (sulfide) groups is 1. The number of thiophene rings is 1. The number of nitrogens with one attached hydrogen (secondary N) is 2. The first kappa shape index (κ1) is 22.5. The second kappa shape index (κ2) is 9.41.